The molecular weight excluding hydrogens is 400 g/mol. The van der Waals surface area contributed by atoms with Gasteiger partial charge in [0.2, 0.25) is 0 Å². The number of ether oxygens (including phenoxy) is 1. The van der Waals surface area contributed by atoms with Crippen molar-refractivity contribution < 1.29 is 14.0 Å². The molecule has 0 radical (unpaired) electrons. The van der Waals surface area contributed by atoms with E-state index in [1.807, 2.05) is 0 Å². The number of amides is 1. The maximum absolute atomic E-state index is 11.8. The summed E-state index contributed by atoms with van der Waals surface area (Å²) in [4.78, 5) is 16.7. The molecule has 7 heteroatoms. The molecular formula is C22H42N2O3SSi. The molecule has 0 saturated carbocycles. The second kappa shape index (κ2) is 9.92. The Morgan fingerprint density at radius 2 is 1.79 bits per heavy atom. The summed E-state index contributed by atoms with van der Waals surface area (Å²) >= 11 is 1.69. The zero-order valence-electron chi connectivity index (χ0n) is 20.3. The predicted octanol–water partition coefficient (Wildman–Crippen LogP) is 6.57. The van der Waals surface area contributed by atoms with Gasteiger partial charge < -0.3 is 14.5 Å². The third kappa shape index (κ3) is 7.68. The lowest BCUT2D eigenvalue weighted by Crippen LogP contribution is -2.40. The summed E-state index contributed by atoms with van der Waals surface area (Å²) in [5.41, 5.74) is 1.01. The highest BCUT2D eigenvalue weighted by Gasteiger charge is 2.38. The van der Waals surface area contributed by atoms with Gasteiger partial charge in [0.05, 0.1) is 17.3 Å². The van der Waals surface area contributed by atoms with E-state index in [4.69, 9.17) is 14.1 Å². The van der Waals surface area contributed by atoms with Gasteiger partial charge in [-0.05, 0) is 35.9 Å². The summed E-state index contributed by atoms with van der Waals surface area (Å²) in [5, 5.41) is 5.96. The van der Waals surface area contributed by atoms with Crippen molar-refractivity contribution in [3.8, 4) is 0 Å². The number of hydrogen-bond donors (Lipinski definition) is 1. The Morgan fingerprint density at radius 1 is 1.21 bits per heavy atom. The monoisotopic (exact) mass is 442 g/mol. The second-order valence-electron chi connectivity index (χ2n) is 10.8. The number of alkyl carbamates (subject to hydrolysis) is 1. The average molecular weight is 443 g/mol. The van der Waals surface area contributed by atoms with Crippen molar-refractivity contribution in [2.75, 3.05) is 7.05 Å². The molecule has 1 heterocycles. The van der Waals surface area contributed by atoms with Gasteiger partial charge in [0, 0.05) is 18.3 Å². The second-order valence-corrected chi connectivity index (χ2v) is 16.5. The maximum atomic E-state index is 11.8. The molecule has 1 amide bonds. The van der Waals surface area contributed by atoms with Gasteiger partial charge >= 0.3 is 6.09 Å². The van der Waals surface area contributed by atoms with Crippen molar-refractivity contribution in [1.82, 2.24) is 10.3 Å². The van der Waals surface area contributed by atoms with Gasteiger partial charge in [-0.25, -0.2) is 9.78 Å². The average Bonchev–Trinajstić information content (AvgIpc) is 3.02. The van der Waals surface area contributed by atoms with Crippen LogP contribution in [0.15, 0.2) is 5.38 Å². The number of thiazole rings is 1. The van der Waals surface area contributed by atoms with Gasteiger partial charge in [-0.3, -0.25) is 0 Å². The first-order valence-corrected chi connectivity index (χ1v) is 14.3. The van der Waals surface area contributed by atoms with Crippen LogP contribution in [0.2, 0.25) is 18.1 Å². The lowest BCUT2D eigenvalue weighted by atomic mass is 9.76. The van der Waals surface area contributed by atoms with E-state index in [-0.39, 0.29) is 34.5 Å². The van der Waals surface area contributed by atoms with E-state index in [2.05, 4.69) is 79.2 Å². The van der Waals surface area contributed by atoms with Crippen molar-refractivity contribution in [1.29, 1.82) is 0 Å². The Morgan fingerprint density at radius 3 is 2.24 bits per heavy atom. The van der Waals surface area contributed by atoms with Gasteiger partial charge in [0.15, 0.2) is 8.32 Å². The molecule has 0 fully saturated rings. The molecule has 0 aliphatic carbocycles. The fourth-order valence-electron chi connectivity index (χ4n) is 2.73. The predicted molar refractivity (Wildman–Crippen MR) is 125 cm³/mol. The fraction of sp³-hybridized carbons (Fsp3) is 0.818. The highest BCUT2D eigenvalue weighted by atomic mass is 32.1. The van der Waals surface area contributed by atoms with Crippen LogP contribution in [0.25, 0.3) is 0 Å². The van der Waals surface area contributed by atoms with Gasteiger partial charge in [0.1, 0.15) is 6.10 Å². The van der Waals surface area contributed by atoms with Crippen LogP contribution < -0.4 is 5.32 Å². The molecule has 0 bridgehead atoms. The smallest absolute Gasteiger partial charge is 0.407 e. The number of aromatic nitrogens is 1. The molecule has 0 aromatic carbocycles. The third-order valence-corrected chi connectivity index (χ3v) is 11.5. The highest BCUT2D eigenvalue weighted by molar-refractivity contribution is 7.09. The fourth-order valence-corrected chi connectivity index (χ4v) is 4.83. The third-order valence-electron chi connectivity index (χ3n) is 5.97. The molecule has 0 saturated heterocycles. The molecule has 5 nitrogen and oxygen atoms in total. The number of nitrogens with one attached hydrogen (secondary N) is 1. The van der Waals surface area contributed by atoms with Crippen molar-refractivity contribution >= 4 is 25.7 Å². The molecule has 1 rings (SSSR count). The van der Waals surface area contributed by atoms with Crippen molar-refractivity contribution in [2.24, 2.45) is 11.3 Å². The van der Waals surface area contributed by atoms with E-state index in [0.717, 1.165) is 17.1 Å². The summed E-state index contributed by atoms with van der Waals surface area (Å²) in [6, 6.07) is 0. The van der Waals surface area contributed by atoms with E-state index in [1.54, 1.807) is 18.4 Å². The van der Waals surface area contributed by atoms with Crippen LogP contribution in [-0.2, 0) is 15.8 Å². The summed E-state index contributed by atoms with van der Waals surface area (Å²) in [6.45, 7) is 22.7. The molecule has 1 aromatic rings. The summed E-state index contributed by atoms with van der Waals surface area (Å²) in [5.74, 6) is 0.435. The molecule has 168 valence electrons. The summed E-state index contributed by atoms with van der Waals surface area (Å²) < 4.78 is 12.0. The quantitative estimate of drug-likeness (QED) is 0.463. The van der Waals surface area contributed by atoms with Gasteiger partial charge in [0.25, 0.3) is 0 Å². The van der Waals surface area contributed by atoms with E-state index >= 15 is 0 Å². The molecule has 0 spiro atoms. The van der Waals surface area contributed by atoms with Crippen LogP contribution in [0.3, 0.4) is 0 Å². The highest BCUT2D eigenvalue weighted by Crippen LogP contribution is 2.42. The maximum Gasteiger partial charge on any atom is 0.407 e. The number of rotatable bonds is 8. The van der Waals surface area contributed by atoms with Crippen molar-refractivity contribution in [2.45, 2.75) is 98.6 Å². The standard InChI is InChI=1S/C22H42N2O3SSi/c1-15(2)18(27-20(25)23-9)12-17(21(3,4)5)19-24-16(14-28-19)13-26-29(10,11)22(6,7)8/h14-15,17-18H,12-13H2,1-11H3,(H,23,25)/t17-,18?/m0/s1. The van der Waals surface area contributed by atoms with Crippen LogP contribution in [0.1, 0.15) is 78.4 Å². The minimum absolute atomic E-state index is 0.00853. The lowest BCUT2D eigenvalue weighted by Gasteiger charge is -2.36. The topological polar surface area (TPSA) is 60.5 Å². The van der Waals surface area contributed by atoms with E-state index in [9.17, 15) is 4.79 Å². The van der Waals surface area contributed by atoms with Crippen molar-refractivity contribution in [3.63, 3.8) is 0 Å². The lowest BCUT2D eigenvalue weighted by molar-refractivity contribution is 0.0529. The minimum atomic E-state index is -1.81. The first-order valence-electron chi connectivity index (χ1n) is 10.5. The summed E-state index contributed by atoms with van der Waals surface area (Å²) in [7, 11) is -0.212. The zero-order chi connectivity index (χ0) is 22.6. The SMILES string of the molecule is CNC(=O)OC(C[C@@H](c1nc(CO[Si](C)(C)C(C)(C)C)cs1)C(C)(C)C)C(C)C. The molecule has 2 atom stereocenters. The van der Waals surface area contributed by atoms with E-state index in [1.165, 1.54) is 0 Å². The van der Waals surface area contributed by atoms with Crippen LogP contribution in [0.5, 0.6) is 0 Å². The Labute approximate surface area is 183 Å². The molecule has 29 heavy (non-hydrogen) atoms. The van der Waals surface area contributed by atoms with E-state index in [0.29, 0.717) is 6.61 Å². The van der Waals surface area contributed by atoms with Crippen molar-refractivity contribution in [3.05, 3.63) is 16.1 Å². The Hall–Kier alpha value is -0.923. The zero-order valence-corrected chi connectivity index (χ0v) is 22.1. The molecule has 0 aliphatic heterocycles. The Kier molecular flexibility index (Phi) is 8.93. The molecule has 0 aliphatic rings. The van der Waals surface area contributed by atoms with E-state index < -0.39 is 8.32 Å². The first kappa shape index (κ1) is 26.1. The van der Waals surface area contributed by atoms with Crippen LogP contribution in [-0.4, -0.2) is 32.5 Å². The molecule has 1 N–H and O–H groups in total. The molecule has 1 unspecified atom stereocenters. The Bertz CT molecular complexity index is 660. The van der Waals surface area contributed by atoms with Gasteiger partial charge in [-0.1, -0.05) is 55.4 Å². The van der Waals surface area contributed by atoms with Crippen LogP contribution in [0.4, 0.5) is 4.79 Å². The minimum Gasteiger partial charge on any atom is -0.446 e. The number of hydrogen-bond acceptors (Lipinski definition) is 5. The van der Waals surface area contributed by atoms with Crippen LogP contribution in [0, 0.1) is 11.3 Å². The van der Waals surface area contributed by atoms with Crippen LogP contribution >= 0.6 is 11.3 Å². The van der Waals surface area contributed by atoms with Gasteiger partial charge in [-0.2, -0.15) is 0 Å². The molecule has 1 aromatic heterocycles. The first-order chi connectivity index (χ1) is 13.1. The largest absolute Gasteiger partial charge is 0.446 e. The number of nitrogens with zero attached hydrogens (tertiary/aromatic N) is 1. The summed E-state index contributed by atoms with van der Waals surface area (Å²) in [6.07, 6.45) is 0.221. The normalized spacial score (nSPS) is 15.3. The number of carbonyl (C=O) groups excluding carboxylic acids is 1. The van der Waals surface area contributed by atoms with Gasteiger partial charge in [-0.15, -0.1) is 11.3 Å². The number of carbonyl (C=O) groups is 1. The Balaban J connectivity index is 2.99.